The summed E-state index contributed by atoms with van der Waals surface area (Å²) in [6.45, 7) is 0. The normalized spacial score (nSPS) is 16.4. The number of nitro benzene ring substituents is 2. The molecule has 0 radical (unpaired) electrons. The largest absolute Gasteiger partial charge is 0.744 e. The number of hydrogen-bond acceptors (Lipinski definition) is 10. The number of rotatable bonds is 4. The zero-order valence-electron chi connectivity index (χ0n) is 13.3. The van der Waals surface area contributed by atoms with Gasteiger partial charge in [0.05, 0.1) is 14.7 Å². The van der Waals surface area contributed by atoms with Crippen molar-refractivity contribution < 1.29 is 35.4 Å². The predicted octanol–water partition coefficient (Wildman–Crippen LogP) is 1.62. The molecule has 0 aromatic heterocycles. The zero-order chi connectivity index (χ0) is 20.9. The molecule has 2 aromatic carbocycles. The Labute approximate surface area is 156 Å². The van der Waals surface area contributed by atoms with Crippen molar-refractivity contribution in [2.45, 2.75) is 9.79 Å². The number of nitro groups is 2. The van der Waals surface area contributed by atoms with E-state index in [1.54, 1.807) is 0 Å². The molecular formula is C14H7N2O10S2-. The molecule has 1 heterocycles. The van der Waals surface area contributed by atoms with Crippen LogP contribution < -0.4 is 0 Å². The third kappa shape index (κ3) is 3.42. The maximum Gasteiger partial charge on any atom is 0.340 e. The first-order valence-electron chi connectivity index (χ1n) is 7.09. The second kappa shape index (κ2) is 6.36. The highest BCUT2D eigenvalue weighted by Gasteiger charge is 2.34. The van der Waals surface area contributed by atoms with Crippen molar-refractivity contribution in [2.24, 2.45) is 0 Å². The molecule has 12 nitrogen and oxygen atoms in total. The minimum absolute atomic E-state index is 0.0989. The molecule has 1 aliphatic heterocycles. The average molecular weight is 427 g/mol. The number of nitrogens with zero attached hydrogens (tertiary/aromatic N) is 2. The molecule has 0 saturated carbocycles. The highest BCUT2D eigenvalue weighted by molar-refractivity contribution is 7.87. The van der Waals surface area contributed by atoms with E-state index < -0.39 is 57.0 Å². The first-order valence-corrected chi connectivity index (χ1v) is 9.91. The lowest BCUT2D eigenvalue weighted by molar-refractivity contribution is -0.385. The number of fused-ring (bicyclic) bond motifs is 1. The SMILES string of the molecule is O=[N+]([O-])c1ccc(C=C2OS(=O)(=O)c3cc([N+](=O)[O-])ccc32)c(S(=O)(=O)[O-])c1. The summed E-state index contributed by atoms with van der Waals surface area (Å²) in [7, 11) is -9.56. The van der Waals surface area contributed by atoms with Gasteiger partial charge in [0.2, 0.25) is 0 Å². The van der Waals surface area contributed by atoms with Crippen LogP contribution in [0.15, 0.2) is 46.2 Å². The van der Waals surface area contributed by atoms with E-state index in [0.29, 0.717) is 6.07 Å². The van der Waals surface area contributed by atoms with Crippen LogP contribution in [-0.2, 0) is 24.4 Å². The maximum absolute atomic E-state index is 12.1. The predicted molar refractivity (Wildman–Crippen MR) is 90.3 cm³/mol. The molecular weight excluding hydrogens is 420 g/mol. The number of non-ortho nitro benzene ring substituents is 2. The van der Waals surface area contributed by atoms with Crippen molar-refractivity contribution >= 4 is 43.4 Å². The van der Waals surface area contributed by atoms with E-state index in [2.05, 4.69) is 0 Å². The molecule has 28 heavy (non-hydrogen) atoms. The molecule has 3 rings (SSSR count). The van der Waals surface area contributed by atoms with Gasteiger partial charge in [-0.15, -0.1) is 0 Å². The van der Waals surface area contributed by atoms with Crippen molar-refractivity contribution in [2.75, 3.05) is 0 Å². The number of benzene rings is 2. The molecule has 1 aliphatic rings. The molecule has 146 valence electrons. The van der Waals surface area contributed by atoms with Crippen LogP contribution in [0.3, 0.4) is 0 Å². The minimum atomic E-state index is -5.15. The fourth-order valence-corrected chi connectivity index (χ4v) is 4.31. The molecule has 0 spiro atoms. The molecule has 0 aliphatic carbocycles. The molecule has 0 saturated heterocycles. The molecule has 14 heteroatoms. The molecule has 0 fully saturated rings. The van der Waals surface area contributed by atoms with Gasteiger partial charge >= 0.3 is 10.1 Å². The van der Waals surface area contributed by atoms with E-state index in [4.69, 9.17) is 4.18 Å². The van der Waals surface area contributed by atoms with Gasteiger partial charge in [0.15, 0.2) is 5.76 Å². The molecule has 2 aromatic rings. The molecule has 0 amide bonds. The van der Waals surface area contributed by atoms with Gasteiger partial charge in [-0.1, -0.05) is 0 Å². The second-order valence-corrected chi connectivity index (χ2v) is 8.28. The summed E-state index contributed by atoms with van der Waals surface area (Å²) in [5.74, 6) is -0.399. The van der Waals surface area contributed by atoms with Crippen molar-refractivity contribution in [3.63, 3.8) is 0 Å². The summed E-state index contributed by atoms with van der Waals surface area (Å²) in [6.07, 6.45) is 0.893. The topological polar surface area (TPSA) is 187 Å². The van der Waals surface area contributed by atoms with Gasteiger partial charge in [0, 0.05) is 29.8 Å². The van der Waals surface area contributed by atoms with Crippen LogP contribution in [0.4, 0.5) is 11.4 Å². The Kier molecular flexibility index (Phi) is 4.41. The molecule has 0 bridgehead atoms. The summed E-state index contributed by atoms with van der Waals surface area (Å²) in [6, 6.07) is 5.26. The third-order valence-corrected chi connectivity index (χ3v) is 5.84. The first-order chi connectivity index (χ1) is 12.9. The Morgan fingerprint density at radius 2 is 1.54 bits per heavy atom. The monoisotopic (exact) mass is 427 g/mol. The van der Waals surface area contributed by atoms with Gasteiger partial charge in [0.1, 0.15) is 15.0 Å². The Bertz CT molecular complexity index is 1280. The summed E-state index contributed by atoms with van der Waals surface area (Å²) in [4.78, 5) is 18.4. The minimum Gasteiger partial charge on any atom is -0.744 e. The van der Waals surface area contributed by atoms with Gasteiger partial charge in [0.25, 0.3) is 11.4 Å². The van der Waals surface area contributed by atoms with Crippen molar-refractivity contribution in [1.82, 2.24) is 0 Å². The molecule has 0 unspecified atom stereocenters. The van der Waals surface area contributed by atoms with E-state index in [1.807, 2.05) is 0 Å². The Morgan fingerprint density at radius 3 is 2.11 bits per heavy atom. The van der Waals surface area contributed by atoms with Crippen LogP contribution in [0.25, 0.3) is 11.8 Å². The van der Waals surface area contributed by atoms with E-state index in [1.165, 1.54) is 0 Å². The van der Waals surface area contributed by atoms with Gasteiger partial charge in [-0.2, -0.15) is 8.42 Å². The van der Waals surface area contributed by atoms with E-state index >= 15 is 0 Å². The van der Waals surface area contributed by atoms with Crippen LogP contribution in [0.1, 0.15) is 11.1 Å². The van der Waals surface area contributed by atoms with Crippen LogP contribution >= 0.6 is 0 Å². The van der Waals surface area contributed by atoms with E-state index in [-0.39, 0.29) is 11.1 Å². The maximum atomic E-state index is 12.1. The van der Waals surface area contributed by atoms with Crippen molar-refractivity contribution in [3.05, 3.63) is 67.8 Å². The molecule has 0 atom stereocenters. The van der Waals surface area contributed by atoms with Crippen LogP contribution in [0.5, 0.6) is 0 Å². The smallest absolute Gasteiger partial charge is 0.340 e. The van der Waals surface area contributed by atoms with Crippen LogP contribution in [0.2, 0.25) is 0 Å². The summed E-state index contributed by atoms with van der Waals surface area (Å²) < 4.78 is 63.3. The standard InChI is InChI=1S/C14H8N2O10S2/c17-15(18)9-2-1-8(13(6-9)27(21,22)23)5-12-11-4-3-10(16(19)20)7-14(11)28(24,25)26-12/h1-7H,(H,21,22,23)/p-1. The van der Waals surface area contributed by atoms with Gasteiger partial charge in [-0.05, 0) is 23.8 Å². The average Bonchev–Trinajstić information content (AvgIpc) is 2.84. The highest BCUT2D eigenvalue weighted by Crippen LogP contribution is 2.39. The molecule has 0 N–H and O–H groups in total. The third-order valence-electron chi connectivity index (χ3n) is 3.67. The van der Waals surface area contributed by atoms with Crippen molar-refractivity contribution in [1.29, 1.82) is 0 Å². The Morgan fingerprint density at radius 1 is 0.964 bits per heavy atom. The fraction of sp³-hybridized carbons (Fsp3) is 0. The zero-order valence-corrected chi connectivity index (χ0v) is 15.0. The van der Waals surface area contributed by atoms with Gasteiger partial charge < -0.3 is 8.74 Å². The summed E-state index contributed by atoms with van der Waals surface area (Å²) >= 11 is 0. The van der Waals surface area contributed by atoms with Gasteiger partial charge in [-0.3, -0.25) is 20.2 Å². The lowest BCUT2D eigenvalue weighted by atomic mass is 10.1. The Hall–Kier alpha value is -3.36. The van der Waals surface area contributed by atoms with Crippen LogP contribution in [0, 0.1) is 20.2 Å². The lowest BCUT2D eigenvalue weighted by Gasteiger charge is -2.10. The second-order valence-electron chi connectivity index (χ2n) is 5.42. The number of hydrogen-bond donors (Lipinski definition) is 0. The van der Waals surface area contributed by atoms with Crippen LogP contribution in [-0.4, -0.2) is 31.2 Å². The summed E-state index contributed by atoms with van der Waals surface area (Å²) in [5.41, 5.74) is -1.62. The highest BCUT2D eigenvalue weighted by atomic mass is 32.2. The van der Waals surface area contributed by atoms with E-state index in [0.717, 1.165) is 36.4 Å². The Balaban J connectivity index is 2.22. The van der Waals surface area contributed by atoms with Crippen molar-refractivity contribution in [3.8, 4) is 0 Å². The fourth-order valence-electron chi connectivity index (χ4n) is 2.46. The van der Waals surface area contributed by atoms with E-state index in [9.17, 15) is 41.6 Å². The quantitative estimate of drug-likeness (QED) is 0.300. The summed E-state index contributed by atoms with van der Waals surface area (Å²) in [5, 5.41) is 21.6. The lowest BCUT2D eigenvalue weighted by Crippen LogP contribution is -2.03. The van der Waals surface area contributed by atoms with Gasteiger partial charge in [-0.25, -0.2) is 8.42 Å². The first kappa shape index (κ1) is 19.4.